The van der Waals surface area contributed by atoms with Crippen LogP contribution >= 0.6 is 0 Å². The van der Waals surface area contributed by atoms with Gasteiger partial charge in [-0.15, -0.1) is 0 Å². The van der Waals surface area contributed by atoms with Crippen LogP contribution < -0.4 is 5.32 Å². The second-order valence-corrected chi connectivity index (χ2v) is 3.48. The van der Waals surface area contributed by atoms with Gasteiger partial charge in [0.1, 0.15) is 6.04 Å². The second kappa shape index (κ2) is 6.37. The molecule has 82 valence electrons. The van der Waals surface area contributed by atoms with Gasteiger partial charge in [0.15, 0.2) is 0 Å². The summed E-state index contributed by atoms with van der Waals surface area (Å²) in [5.74, 6) is -1.09. The minimum absolute atomic E-state index is 0.230. The monoisotopic (exact) mass is 203 g/mol. The lowest BCUT2D eigenvalue weighted by Crippen LogP contribution is -2.41. The van der Waals surface area contributed by atoms with Crippen LogP contribution in [0.3, 0.4) is 0 Å². The number of carboxylic acids is 1. The van der Waals surface area contributed by atoms with Gasteiger partial charge in [0, 0.05) is 0 Å². The molecule has 0 saturated carbocycles. The standard InChI is InChI=1S/C9H17NO4/c1-6(2)4-7(9(13)14-3)10-5-8(11)12/h6-7,10H,4-5H2,1-3H3,(H,11,12)/t7-/m1/s1. The molecule has 0 aliphatic carbocycles. The number of carbonyl (C=O) groups is 2. The fourth-order valence-electron chi connectivity index (χ4n) is 1.09. The summed E-state index contributed by atoms with van der Waals surface area (Å²) in [6, 6.07) is -0.531. The Morgan fingerprint density at radius 3 is 2.36 bits per heavy atom. The van der Waals surface area contributed by atoms with Crippen LogP contribution in [0.4, 0.5) is 0 Å². The first kappa shape index (κ1) is 12.9. The molecule has 2 N–H and O–H groups in total. The van der Waals surface area contributed by atoms with Crippen molar-refractivity contribution in [2.75, 3.05) is 13.7 Å². The van der Waals surface area contributed by atoms with E-state index in [4.69, 9.17) is 5.11 Å². The minimum atomic E-state index is -0.984. The van der Waals surface area contributed by atoms with E-state index in [0.29, 0.717) is 12.3 Å². The Labute approximate surface area is 83.4 Å². The Balaban J connectivity index is 4.10. The van der Waals surface area contributed by atoms with E-state index in [2.05, 4.69) is 10.1 Å². The fourth-order valence-corrected chi connectivity index (χ4v) is 1.09. The first-order chi connectivity index (χ1) is 6.47. The second-order valence-electron chi connectivity index (χ2n) is 3.48. The van der Waals surface area contributed by atoms with E-state index in [1.807, 2.05) is 13.8 Å². The minimum Gasteiger partial charge on any atom is -0.480 e. The summed E-state index contributed by atoms with van der Waals surface area (Å²) in [5.41, 5.74) is 0. The van der Waals surface area contributed by atoms with Crippen LogP contribution in [0, 0.1) is 5.92 Å². The first-order valence-electron chi connectivity index (χ1n) is 4.50. The molecule has 1 atom stereocenters. The fraction of sp³-hybridized carbons (Fsp3) is 0.778. The number of nitrogens with one attached hydrogen (secondary N) is 1. The molecular weight excluding hydrogens is 186 g/mol. The van der Waals surface area contributed by atoms with Crippen molar-refractivity contribution in [3.8, 4) is 0 Å². The molecule has 0 saturated heterocycles. The van der Waals surface area contributed by atoms with Crippen LogP contribution in [0.5, 0.6) is 0 Å². The van der Waals surface area contributed by atoms with E-state index in [9.17, 15) is 9.59 Å². The maximum absolute atomic E-state index is 11.2. The highest BCUT2D eigenvalue weighted by Gasteiger charge is 2.20. The largest absolute Gasteiger partial charge is 0.480 e. The summed E-state index contributed by atoms with van der Waals surface area (Å²) in [4.78, 5) is 21.5. The number of aliphatic carboxylic acids is 1. The summed E-state index contributed by atoms with van der Waals surface area (Å²) in [6.07, 6.45) is 0.569. The molecule has 5 heteroatoms. The summed E-state index contributed by atoms with van der Waals surface area (Å²) in [6.45, 7) is 3.68. The molecule has 0 unspecified atom stereocenters. The number of methoxy groups -OCH3 is 1. The van der Waals surface area contributed by atoms with Crippen molar-refractivity contribution in [3.05, 3.63) is 0 Å². The molecule has 14 heavy (non-hydrogen) atoms. The molecule has 0 spiro atoms. The Morgan fingerprint density at radius 2 is 2.00 bits per heavy atom. The van der Waals surface area contributed by atoms with Gasteiger partial charge in [0.25, 0.3) is 0 Å². The SMILES string of the molecule is COC(=O)[C@@H](CC(C)C)NCC(=O)O. The van der Waals surface area contributed by atoms with Crippen molar-refractivity contribution in [1.82, 2.24) is 5.32 Å². The van der Waals surface area contributed by atoms with Crippen LogP contribution in [0.25, 0.3) is 0 Å². The Bertz CT molecular complexity index is 203. The summed E-state index contributed by atoms with van der Waals surface area (Å²) in [7, 11) is 1.29. The highest BCUT2D eigenvalue weighted by Crippen LogP contribution is 2.05. The number of hydrogen-bond acceptors (Lipinski definition) is 4. The molecule has 0 radical (unpaired) electrons. The lowest BCUT2D eigenvalue weighted by molar-refractivity contribution is -0.144. The third kappa shape index (κ3) is 5.53. The lowest BCUT2D eigenvalue weighted by Gasteiger charge is -2.16. The summed E-state index contributed by atoms with van der Waals surface area (Å²) >= 11 is 0. The number of ether oxygens (including phenoxy) is 1. The predicted octanol–water partition coefficient (Wildman–Crippen LogP) is 0.248. The Hall–Kier alpha value is -1.10. The van der Waals surface area contributed by atoms with Crippen molar-refractivity contribution in [2.24, 2.45) is 5.92 Å². The van der Waals surface area contributed by atoms with Gasteiger partial charge >= 0.3 is 11.9 Å². The molecule has 0 fully saturated rings. The van der Waals surface area contributed by atoms with Crippen LogP contribution in [-0.2, 0) is 14.3 Å². The van der Waals surface area contributed by atoms with Crippen LogP contribution in [0.1, 0.15) is 20.3 Å². The normalized spacial score (nSPS) is 12.6. The molecule has 5 nitrogen and oxygen atoms in total. The van der Waals surface area contributed by atoms with Crippen molar-refractivity contribution in [1.29, 1.82) is 0 Å². The average molecular weight is 203 g/mol. The first-order valence-corrected chi connectivity index (χ1v) is 4.50. The summed E-state index contributed by atoms with van der Waals surface area (Å²) in [5, 5.41) is 11.1. The van der Waals surface area contributed by atoms with Gasteiger partial charge < -0.3 is 9.84 Å². The number of hydrogen-bond donors (Lipinski definition) is 2. The van der Waals surface area contributed by atoms with E-state index in [-0.39, 0.29) is 6.54 Å². The highest BCUT2D eigenvalue weighted by molar-refractivity contribution is 5.77. The van der Waals surface area contributed by atoms with Crippen molar-refractivity contribution < 1.29 is 19.4 Å². The lowest BCUT2D eigenvalue weighted by atomic mass is 10.0. The predicted molar refractivity (Wildman–Crippen MR) is 50.9 cm³/mol. The van der Waals surface area contributed by atoms with E-state index in [1.54, 1.807) is 0 Å². The van der Waals surface area contributed by atoms with Crippen LogP contribution in [-0.4, -0.2) is 36.7 Å². The molecular formula is C9H17NO4. The van der Waals surface area contributed by atoms with Gasteiger partial charge in [-0.2, -0.15) is 0 Å². The number of carboxylic acid groups (broad SMARTS) is 1. The van der Waals surface area contributed by atoms with E-state index < -0.39 is 18.0 Å². The van der Waals surface area contributed by atoms with Crippen LogP contribution in [0.2, 0.25) is 0 Å². The highest BCUT2D eigenvalue weighted by atomic mass is 16.5. The van der Waals surface area contributed by atoms with Crippen molar-refractivity contribution in [3.63, 3.8) is 0 Å². The maximum Gasteiger partial charge on any atom is 0.322 e. The molecule has 0 rings (SSSR count). The third-order valence-corrected chi connectivity index (χ3v) is 1.69. The van der Waals surface area contributed by atoms with E-state index in [0.717, 1.165) is 0 Å². The van der Waals surface area contributed by atoms with Crippen molar-refractivity contribution in [2.45, 2.75) is 26.3 Å². The van der Waals surface area contributed by atoms with Gasteiger partial charge in [-0.05, 0) is 12.3 Å². The molecule has 0 aromatic carbocycles. The van der Waals surface area contributed by atoms with E-state index >= 15 is 0 Å². The van der Waals surface area contributed by atoms with Gasteiger partial charge in [0.2, 0.25) is 0 Å². The maximum atomic E-state index is 11.2. The Morgan fingerprint density at radius 1 is 1.43 bits per heavy atom. The smallest absolute Gasteiger partial charge is 0.322 e. The zero-order valence-electron chi connectivity index (χ0n) is 8.74. The van der Waals surface area contributed by atoms with Gasteiger partial charge in [-0.1, -0.05) is 13.8 Å². The molecule has 0 amide bonds. The molecule has 0 aliphatic rings. The molecule has 0 aromatic heterocycles. The average Bonchev–Trinajstić information content (AvgIpc) is 2.10. The van der Waals surface area contributed by atoms with Gasteiger partial charge in [0.05, 0.1) is 13.7 Å². The van der Waals surface area contributed by atoms with Crippen LogP contribution in [0.15, 0.2) is 0 Å². The Kier molecular flexibility index (Phi) is 5.87. The number of esters is 1. The number of carbonyl (C=O) groups excluding carboxylic acids is 1. The number of rotatable bonds is 6. The third-order valence-electron chi connectivity index (χ3n) is 1.69. The quantitative estimate of drug-likeness (QED) is 0.605. The van der Waals surface area contributed by atoms with Crippen molar-refractivity contribution >= 4 is 11.9 Å². The topological polar surface area (TPSA) is 75.6 Å². The summed E-state index contributed by atoms with van der Waals surface area (Å²) < 4.78 is 4.55. The zero-order valence-corrected chi connectivity index (χ0v) is 8.74. The zero-order chi connectivity index (χ0) is 11.1. The molecule has 0 aliphatic heterocycles. The molecule has 0 bridgehead atoms. The van der Waals surface area contributed by atoms with E-state index in [1.165, 1.54) is 7.11 Å². The van der Waals surface area contributed by atoms with Gasteiger partial charge in [-0.25, -0.2) is 0 Å². The van der Waals surface area contributed by atoms with Gasteiger partial charge in [-0.3, -0.25) is 14.9 Å². The molecule has 0 heterocycles. The molecule has 0 aromatic rings.